The summed E-state index contributed by atoms with van der Waals surface area (Å²) in [4.78, 5) is 9.29. The first kappa shape index (κ1) is 30.4. The van der Waals surface area contributed by atoms with E-state index < -0.39 is 6.10 Å². The van der Waals surface area contributed by atoms with Crippen molar-refractivity contribution in [3.63, 3.8) is 0 Å². The molecule has 2 heterocycles. The van der Waals surface area contributed by atoms with Crippen LogP contribution in [0.2, 0.25) is 0 Å². The van der Waals surface area contributed by atoms with Gasteiger partial charge in [-0.05, 0) is 44.2 Å². The largest absolute Gasteiger partial charge is 0.513 e. The number of nitrogens with zero attached hydrogens (tertiary/aromatic N) is 2. The molecule has 0 amide bonds. The van der Waals surface area contributed by atoms with Crippen LogP contribution in [0.4, 0.5) is 0 Å². The van der Waals surface area contributed by atoms with Crippen LogP contribution >= 0.6 is 0 Å². The fourth-order valence-corrected chi connectivity index (χ4v) is 4.02. The summed E-state index contributed by atoms with van der Waals surface area (Å²) in [5, 5.41) is 19.3. The van der Waals surface area contributed by atoms with Crippen LogP contribution in [0.1, 0.15) is 13.8 Å². The number of benzene rings is 4. The maximum Gasteiger partial charge on any atom is 0.0877 e. The molecule has 0 aliphatic rings. The third-order valence-electron chi connectivity index (χ3n) is 5.82. The molecule has 0 bridgehead atoms. The Morgan fingerprint density at radius 3 is 1.30 bits per heavy atom. The molecule has 0 aliphatic carbocycles. The van der Waals surface area contributed by atoms with E-state index >= 15 is 0 Å². The van der Waals surface area contributed by atoms with Gasteiger partial charge in [0, 0.05) is 42.0 Å². The molecule has 40 heavy (non-hydrogen) atoms. The molecular weight excluding hydrogens is 673 g/mol. The van der Waals surface area contributed by atoms with Crippen molar-refractivity contribution in [2.24, 2.45) is 0 Å². The zero-order valence-corrected chi connectivity index (χ0v) is 24.9. The van der Waals surface area contributed by atoms with Gasteiger partial charge >= 0.3 is 0 Å². The first-order valence-corrected chi connectivity index (χ1v) is 12.9. The number of aliphatic hydroxyl groups is 2. The second-order valence-corrected chi connectivity index (χ2v) is 9.06. The number of hydrogen-bond donors (Lipinski definition) is 2. The summed E-state index contributed by atoms with van der Waals surface area (Å²) in [7, 11) is 0. The predicted octanol–water partition coefficient (Wildman–Crippen LogP) is 8.63. The average Bonchev–Trinajstić information content (AvgIpc) is 2.97. The number of aliphatic hydroxyl groups excluding tert-OH is 2. The van der Waals surface area contributed by atoms with Crippen molar-refractivity contribution in [1.29, 1.82) is 0 Å². The van der Waals surface area contributed by atoms with Gasteiger partial charge in [0.2, 0.25) is 0 Å². The number of allylic oxidation sites excluding steroid dienone is 1. The van der Waals surface area contributed by atoms with Crippen LogP contribution in [0.25, 0.3) is 44.3 Å². The van der Waals surface area contributed by atoms with Gasteiger partial charge in [0.15, 0.2) is 0 Å². The van der Waals surface area contributed by atoms with E-state index in [1.165, 1.54) is 23.8 Å². The normalized spacial score (nSPS) is 11.3. The molecule has 0 fully saturated rings. The summed E-state index contributed by atoms with van der Waals surface area (Å²) in [5.74, 6) is 0.162. The second-order valence-electron chi connectivity index (χ2n) is 9.06. The summed E-state index contributed by atoms with van der Waals surface area (Å²) >= 11 is 0. The molecule has 1 radical (unpaired) electrons. The Morgan fingerprint density at radius 2 is 0.950 bits per heavy atom. The van der Waals surface area contributed by atoms with Gasteiger partial charge in [-0.2, -0.15) is 0 Å². The van der Waals surface area contributed by atoms with Crippen molar-refractivity contribution in [3.05, 3.63) is 145 Å². The van der Waals surface area contributed by atoms with Crippen molar-refractivity contribution in [1.82, 2.24) is 9.97 Å². The van der Waals surface area contributed by atoms with Gasteiger partial charge in [-0.15, -0.1) is 0 Å². The van der Waals surface area contributed by atoms with E-state index in [1.807, 2.05) is 72.8 Å². The van der Waals surface area contributed by atoms with Crippen LogP contribution in [0.15, 0.2) is 145 Å². The first-order valence-electron chi connectivity index (χ1n) is 12.9. The van der Waals surface area contributed by atoms with Crippen LogP contribution in [0, 0.1) is 0 Å². The van der Waals surface area contributed by atoms with Crippen LogP contribution in [0.5, 0.6) is 0 Å². The quantitative estimate of drug-likeness (QED) is 0.181. The summed E-state index contributed by atoms with van der Waals surface area (Å²) < 4.78 is 0. The molecule has 6 rings (SSSR count). The standard InChI is InChI=1S/2C15H11N.C5H10O2.Ir/c2*1-2-6-12(7-3-1)15-11-10-13-8-4-5-9-14(13)16-15;1-4(6)3-5(2)7;/h2*1-11H;3-4,6-7H,1-2H3;/b;;5-3-;. The van der Waals surface area contributed by atoms with Crippen molar-refractivity contribution in [2.45, 2.75) is 20.0 Å². The van der Waals surface area contributed by atoms with Gasteiger partial charge in [-0.1, -0.05) is 109 Å². The molecule has 1 atom stereocenters. The fraction of sp³-hybridized carbons (Fsp3) is 0.0857. The molecule has 5 heteroatoms. The van der Waals surface area contributed by atoms with E-state index in [0.29, 0.717) is 0 Å². The minimum Gasteiger partial charge on any atom is -0.513 e. The van der Waals surface area contributed by atoms with Crippen molar-refractivity contribution in [2.75, 3.05) is 0 Å². The minimum atomic E-state index is -0.537. The average molecular weight is 705 g/mol. The maximum absolute atomic E-state index is 8.49. The summed E-state index contributed by atoms with van der Waals surface area (Å²) in [5.41, 5.74) is 6.47. The van der Waals surface area contributed by atoms with Crippen LogP contribution in [-0.4, -0.2) is 26.3 Å². The predicted molar refractivity (Wildman–Crippen MR) is 162 cm³/mol. The number of aromatic nitrogens is 2. The van der Waals surface area contributed by atoms with Crippen molar-refractivity contribution in [3.8, 4) is 22.5 Å². The number of hydrogen-bond acceptors (Lipinski definition) is 4. The molecule has 2 N–H and O–H groups in total. The molecule has 1 unspecified atom stereocenters. The van der Waals surface area contributed by atoms with E-state index in [-0.39, 0.29) is 25.9 Å². The number of fused-ring (bicyclic) bond motifs is 2. The van der Waals surface area contributed by atoms with Crippen LogP contribution in [0.3, 0.4) is 0 Å². The van der Waals surface area contributed by atoms with Gasteiger partial charge in [-0.3, -0.25) is 0 Å². The van der Waals surface area contributed by atoms with E-state index in [9.17, 15) is 0 Å². The molecule has 0 aliphatic heterocycles. The van der Waals surface area contributed by atoms with Crippen LogP contribution < -0.4 is 0 Å². The Hall–Kier alpha value is -4.15. The maximum atomic E-state index is 8.49. The Balaban J connectivity index is 0.000000177. The molecule has 0 saturated heterocycles. The first-order chi connectivity index (χ1) is 19.0. The zero-order valence-electron chi connectivity index (χ0n) is 22.5. The number of rotatable bonds is 3. The smallest absolute Gasteiger partial charge is 0.0877 e. The van der Waals surface area contributed by atoms with Gasteiger partial charge in [0.05, 0.1) is 34.3 Å². The Kier molecular flexibility index (Phi) is 11.7. The zero-order chi connectivity index (χ0) is 27.5. The van der Waals surface area contributed by atoms with E-state index in [1.54, 1.807) is 6.92 Å². The van der Waals surface area contributed by atoms with E-state index in [2.05, 4.69) is 70.6 Å². The third kappa shape index (κ3) is 8.96. The topological polar surface area (TPSA) is 66.2 Å². The summed E-state index contributed by atoms with van der Waals surface area (Å²) in [6, 6.07) is 45.2. The number of pyridine rings is 2. The van der Waals surface area contributed by atoms with Crippen LogP contribution in [-0.2, 0) is 20.1 Å². The van der Waals surface area contributed by atoms with Gasteiger partial charge in [0.1, 0.15) is 0 Å². The molecule has 203 valence electrons. The molecular formula is C35H32IrN2O2. The third-order valence-corrected chi connectivity index (χ3v) is 5.82. The minimum absolute atomic E-state index is 0. The van der Waals surface area contributed by atoms with Gasteiger partial charge in [-0.25, -0.2) is 9.97 Å². The molecule has 2 aromatic heterocycles. The van der Waals surface area contributed by atoms with E-state index in [4.69, 9.17) is 10.2 Å². The number of para-hydroxylation sites is 2. The fourth-order valence-electron chi connectivity index (χ4n) is 4.02. The van der Waals surface area contributed by atoms with Gasteiger partial charge in [0.25, 0.3) is 0 Å². The summed E-state index contributed by atoms with van der Waals surface area (Å²) in [6.45, 7) is 3.10. The SMILES string of the molecule is C/C(O)=C/C(C)O.[Ir].c1ccc(-c2ccc3ccccc3n2)cc1.c1ccc(-c2ccc3ccccc3n2)cc1. The second kappa shape index (κ2) is 15.4. The van der Waals surface area contributed by atoms with Gasteiger partial charge < -0.3 is 10.2 Å². The molecule has 0 spiro atoms. The molecule has 6 aromatic rings. The molecule has 4 nitrogen and oxygen atoms in total. The monoisotopic (exact) mass is 705 g/mol. The van der Waals surface area contributed by atoms with E-state index in [0.717, 1.165) is 33.5 Å². The Bertz CT molecular complexity index is 1530. The Morgan fingerprint density at radius 1 is 0.575 bits per heavy atom. The van der Waals surface area contributed by atoms with Crippen molar-refractivity contribution >= 4 is 21.8 Å². The summed E-state index contributed by atoms with van der Waals surface area (Å²) in [6.07, 6.45) is 0.824. The molecule has 4 aromatic carbocycles. The van der Waals surface area contributed by atoms with Crippen molar-refractivity contribution < 1.29 is 30.3 Å². The molecule has 0 saturated carbocycles. The Labute approximate surface area is 249 Å².